The minimum Gasteiger partial charge on any atom is -0.494 e. The second-order valence-electron chi connectivity index (χ2n) is 8.39. The number of thiophene rings is 1. The summed E-state index contributed by atoms with van der Waals surface area (Å²) in [6, 6.07) is 5.75. The maximum Gasteiger partial charge on any atom is 0.341 e. The van der Waals surface area contributed by atoms with Gasteiger partial charge in [0.05, 0.1) is 23.7 Å². The van der Waals surface area contributed by atoms with Crippen molar-refractivity contribution in [2.45, 2.75) is 45.1 Å². The third kappa shape index (κ3) is 3.72. The van der Waals surface area contributed by atoms with E-state index in [-0.39, 0.29) is 17.5 Å². The zero-order chi connectivity index (χ0) is 23.3. The van der Waals surface area contributed by atoms with Crippen LogP contribution in [-0.4, -0.2) is 34.4 Å². The fraction of sp³-hybridized carbons (Fsp3) is 0.333. The lowest BCUT2D eigenvalue weighted by Crippen LogP contribution is -2.19. The summed E-state index contributed by atoms with van der Waals surface area (Å²) < 4.78 is 7.73. The van der Waals surface area contributed by atoms with E-state index in [0.29, 0.717) is 16.7 Å². The molecule has 0 aliphatic heterocycles. The van der Waals surface area contributed by atoms with E-state index < -0.39 is 11.4 Å². The summed E-state index contributed by atoms with van der Waals surface area (Å²) >= 11 is 1.65. The van der Waals surface area contributed by atoms with E-state index in [4.69, 9.17) is 4.74 Å². The third-order valence-electron chi connectivity index (χ3n) is 6.07. The Kier molecular flexibility index (Phi) is 5.28. The lowest BCUT2D eigenvalue weighted by atomic mass is 9.96. The van der Waals surface area contributed by atoms with Gasteiger partial charge in [-0.3, -0.25) is 9.59 Å². The number of carbonyl (C=O) groups is 2. The van der Waals surface area contributed by atoms with Gasteiger partial charge in [0, 0.05) is 40.0 Å². The van der Waals surface area contributed by atoms with Crippen molar-refractivity contribution < 1.29 is 19.4 Å². The number of hydrogen-bond acceptors (Lipinski definition) is 6. The molecule has 0 atom stereocenters. The van der Waals surface area contributed by atoms with E-state index in [0.717, 1.165) is 53.8 Å². The minimum absolute atomic E-state index is 0.156. The number of nitrogens with one attached hydrogen (secondary N) is 1. The van der Waals surface area contributed by atoms with Gasteiger partial charge in [0.25, 0.3) is 0 Å². The maximum absolute atomic E-state index is 12.9. The van der Waals surface area contributed by atoms with Crippen LogP contribution in [0, 0.1) is 0 Å². The quantitative estimate of drug-likeness (QED) is 0.555. The SMILES string of the molecule is COc1c(-c2cc3c(s2)CCC/C3=N\NC(C)=O)ccc2c(=O)c(C(=O)O)cn(C3CC3)c12. The number of rotatable bonds is 5. The molecule has 8 nitrogen and oxygen atoms in total. The summed E-state index contributed by atoms with van der Waals surface area (Å²) in [6.07, 6.45) is 6.00. The Morgan fingerprint density at radius 2 is 2.03 bits per heavy atom. The number of fused-ring (bicyclic) bond motifs is 2. The van der Waals surface area contributed by atoms with E-state index in [2.05, 4.69) is 16.6 Å². The molecule has 5 rings (SSSR count). The molecule has 0 bridgehead atoms. The molecule has 2 aliphatic rings. The molecular weight excluding hydrogens is 442 g/mol. The number of methoxy groups -OCH3 is 1. The molecule has 1 amide bonds. The van der Waals surface area contributed by atoms with Crippen LogP contribution >= 0.6 is 11.3 Å². The molecule has 3 aromatic rings. The van der Waals surface area contributed by atoms with Crippen LogP contribution in [0.5, 0.6) is 5.75 Å². The number of benzene rings is 1. The molecule has 1 fully saturated rings. The molecule has 0 saturated heterocycles. The number of carboxylic acid groups (broad SMARTS) is 1. The first-order chi connectivity index (χ1) is 15.9. The Labute approximate surface area is 193 Å². The first-order valence-electron chi connectivity index (χ1n) is 10.8. The minimum atomic E-state index is -1.23. The predicted molar refractivity (Wildman–Crippen MR) is 127 cm³/mol. The summed E-state index contributed by atoms with van der Waals surface area (Å²) in [5, 5.41) is 14.2. The highest BCUT2D eigenvalue weighted by Crippen LogP contribution is 2.45. The van der Waals surface area contributed by atoms with Crippen molar-refractivity contribution in [1.82, 2.24) is 9.99 Å². The Morgan fingerprint density at radius 3 is 2.70 bits per heavy atom. The van der Waals surface area contributed by atoms with Crippen molar-refractivity contribution in [2.75, 3.05) is 7.11 Å². The van der Waals surface area contributed by atoms with Crippen molar-refractivity contribution in [3.63, 3.8) is 0 Å². The van der Waals surface area contributed by atoms with Gasteiger partial charge in [-0.15, -0.1) is 11.3 Å². The predicted octanol–water partition coefficient (Wildman–Crippen LogP) is 3.95. The number of carbonyl (C=O) groups excluding carboxylic acids is 1. The average Bonchev–Trinajstić information content (AvgIpc) is 3.54. The van der Waals surface area contributed by atoms with Crippen LogP contribution in [0.15, 0.2) is 34.3 Å². The second-order valence-corrected chi connectivity index (χ2v) is 9.52. The van der Waals surface area contributed by atoms with Gasteiger partial charge in [-0.2, -0.15) is 5.10 Å². The Bertz CT molecular complexity index is 1400. The van der Waals surface area contributed by atoms with Crippen molar-refractivity contribution in [3.8, 4) is 16.2 Å². The van der Waals surface area contributed by atoms with Crippen molar-refractivity contribution >= 4 is 39.8 Å². The molecule has 2 aromatic heterocycles. The van der Waals surface area contributed by atoms with Gasteiger partial charge in [-0.1, -0.05) is 0 Å². The monoisotopic (exact) mass is 465 g/mol. The van der Waals surface area contributed by atoms with Gasteiger partial charge in [-0.25, -0.2) is 10.2 Å². The van der Waals surface area contributed by atoms with Crippen molar-refractivity contribution in [1.29, 1.82) is 0 Å². The van der Waals surface area contributed by atoms with E-state index in [1.807, 2.05) is 10.6 Å². The van der Waals surface area contributed by atoms with E-state index in [1.165, 1.54) is 18.0 Å². The van der Waals surface area contributed by atoms with Gasteiger partial charge < -0.3 is 14.4 Å². The Balaban J connectivity index is 1.71. The number of aromatic carboxylic acids is 1. The molecule has 170 valence electrons. The van der Waals surface area contributed by atoms with E-state index in [9.17, 15) is 19.5 Å². The molecule has 2 heterocycles. The molecule has 9 heteroatoms. The van der Waals surface area contributed by atoms with Gasteiger partial charge in [0.1, 0.15) is 5.56 Å². The summed E-state index contributed by atoms with van der Waals surface area (Å²) in [4.78, 5) is 38.1. The van der Waals surface area contributed by atoms with Crippen LogP contribution in [-0.2, 0) is 11.2 Å². The number of ether oxygens (including phenoxy) is 1. The lowest BCUT2D eigenvalue weighted by Gasteiger charge is -2.17. The molecule has 1 aromatic carbocycles. The largest absolute Gasteiger partial charge is 0.494 e. The van der Waals surface area contributed by atoms with Gasteiger partial charge in [-0.05, 0) is 50.3 Å². The van der Waals surface area contributed by atoms with Crippen molar-refractivity contribution in [3.05, 3.63) is 50.6 Å². The van der Waals surface area contributed by atoms with Gasteiger partial charge >= 0.3 is 5.97 Å². The fourth-order valence-corrected chi connectivity index (χ4v) is 5.66. The molecule has 0 radical (unpaired) electrons. The molecule has 33 heavy (non-hydrogen) atoms. The summed E-state index contributed by atoms with van der Waals surface area (Å²) in [5.41, 5.74) is 5.17. The molecule has 2 aliphatic carbocycles. The molecular formula is C24H23N3O5S. The number of carboxylic acids is 1. The van der Waals surface area contributed by atoms with Crippen LogP contribution in [0.3, 0.4) is 0 Å². The number of amides is 1. The normalized spacial score (nSPS) is 16.6. The standard InChI is InChI=1S/C24H23N3O5S/c1-12(28)25-26-18-4-3-5-19-16(18)10-20(33-19)14-8-9-15-21(23(14)32-2)27(13-6-7-13)11-17(22(15)29)24(30)31/h8-11,13H,3-7H2,1-2H3,(H,25,28)(H,30,31)/b26-18+. The number of hydrogen-bond donors (Lipinski definition) is 2. The molecule has 1 saturated carbocycles. The molecule has 0 unspecified atom stereocenters. The molecule has 2 N–H and O–H groups in total. The highest BCUT2D eigenvalue weighted by atomic mass is 32.1. The number of pyridine rings is 1. The van der Waals surface area contributed by atoms with Crippen LogP contribution < -0.4 is 15.6 Å². The van der Waals surface area contributed by atoms with Crippen LogP contribution in [0.4, 0.5) is 0 Å². The Morgan fingerprint density at radius 1 is 1.24 bits per heavy atom. The maximum atomic E-state index is 12.9. The number of nitrogens with zero attached hydrogens (tertiary/aromatic N) is 2. The topological polar surface area (TPSA) is 110 Å². The highest BCUT2D eigenvalue weighted by Gasteiger charge is 2.30. The fourth-order valence-electron chi connectivity index (χ4n) is 4.42. The number of aryl methyl sites for hydroxylation is 1. The summed E-state index contributed by atoms with van der Waals surface area (Å²) in [7, 11) is 1.57. The van der Waals surface area contributed by atoms with Crippen LogP contribution in [0.1, 0.15) is 59.4 Å². The smallest absolute Gasteiger partial charge is 0.341 e. The highest BCUT2D eigenvalue weighted by molar-refractivity contribution is 7.16. The zero-order valence-electron chi connectivity index (χ0n) is 18.3. The van der Waals surface area contributed by atoms with Gasteiger partial charge in [0.2, 0.25) is 11.3 Å². The number of hydrazone groups is 1. The summed E-state index contributed by atoms with van der Waals surface area (Å²) in [5.74, 6) is -0.872. The number of aromatic nitrogens is 1. The molecule has 0 spiro atoms. The van der Waals surface area contributed by atoms with E-state index in [1.54, 1.807) is 24.5 Å². The first kappa shape index (κ1) is 21.4. The first-order valence-corrected chi connectivity index (χ1v) is 11.7. The van der Waals surface area contributed by atoms with Gasteiger partial charge in [0.15, 0.2) is 5.75 Å². The van der Waals surface area contributed by atoms with Crippen LogP contribution in [0.2, 0.25) is 0 Å². The third-order valence-corrected chi connectivity index (χ3v) is 7.30. The van der Waals surface area contributed by atoms with Crippen LogP contribution in [0.25, 0.3) is 21.3 Å². The van der Waals surface area contributed by atoms with E-state index >= 15 is 0 Å². The zero-order valence-corrected chi connectivity index (χ0v) is 19.1. The van der Waals surface area contributed by atoms with Crippen molar-refractivity contribution in [2.24, 2.45) is 5.10 Å². The summed E-state index contributed by atoms with van der Waals surface area (Å²) in [6.45, 7) is 1.43. The second kappa shape index (κ2) is 8.15. The Hall–Kier alpha value is -3.46. The average molecular weight is 466 g/mol. The lowest BCUT2D eigenvalue weighted by molar-refractivity contribution is -0.118.